The molecular formula is C71H122O6. The lowest BCUT2D eigenvalue weighted by Crippen LogP contribution is -2.30. The van der Waals surface area contributed by atoms with Gasteiger partial charge in [0.1, 0.15) is 13.2 Å². The average molecular weight is 1070 g/mol. The Bertz CT molecular complexity index is 1510. The van der Waals surface area contributed by atoms with Gasteiger partial charge in [-0.1, -0.05) is 272 Å². The number of ether oxygens (including phenoxy) is 3. The molecule has 6 heteroatoms. The van der Waals surface area contributed by atoms with Crippen LogP contribution in [0.25, 0.3) is 0 Å². The average Bonchev–Trinajstić information content (AvgIpc) is 3.43. The van der Waals surface area contributed by atoms with Gasteiger partial charge in [0.05, 0.1) is 0 Å². The molecule has 0 aliphatic heterocycles. The summed E-state index contributed by atoms with van der Waals surface area (Å²) in [6.45, 7) is 6.51. The number of hydrogen-bond donors (Lipinski definition) is 0. The van der Waals surface area contributed by atoms with Gasteiger partial charge in [0.2, 0.25) is 0 Å². The zero-order valence-electron chi connectivity index (χ0n) is 50.7. The Hall–Kier alpha value is -3.67. The SMILES string of the molecule is CC/C=C\C/C=C\C/C=C\C/C=C\C/C=C\CCCCCCCC(=O)OCC(COC(=O)CCCCCCCCC/C=C\C/C=C\CCCCC)OC(=O)CCCCCCCCCCC/C=C\CCCCCCCCCC. The van der Waals surface area contributed by atoms with Gasteiger partial charge in [-0.3, -0.25) is 14.4 Å². The molecular weight excluding hydrogens is 949 g/mol. The summed E-state index contributed by atoms with van der Waals surface area (Å²) in [5, 5.41) is 0. The van der Waals surface area contributed by atoms with Gasteiger partial charge < -0.3 is 14.2 Å². The highest BCUT2D eigenvalue weighted by atomic mass is 16.6. The van der Waals surface area contributed by atoms with Crippen LogP contribution in [0.5, 0.6) is 0 Å². The van der Waals surface area contributed by atoms with Crippen LogP contribution in [0.2, 0.25) is 0 Å². The lowest BCUT2D eigenvalue weighted by molar-refractivity contribution is -0.167. The van der Waals surface area contributed by atoms with Gasteiger partial charge >= 0.3 is 17.9 Å². The van der Waals surface area contributed by atoms with Crippen LogP contribution in [-0.2, 0) is 28.6 Å². The fourth-order valence-corrected chi connectivity index (χ4v) is 9.14. The minimum Gasteiger partial charge on any atom is -0.462 e. The maximum atomic E-state index is 12.9. The molecule has 0 N–H and O–H groups in total. The Morgan fingerprint density at radius 2 is 0.506 bits per heavy atom. The lowest BCUT2D eigenvalue weighted by Gasteiger charge is -2.18. The third kappa shape index (κ3) is 63.0. The molecule has 0 saturated heterocycles. The van der Waals surface area contributed by atoms with Crippen LogP contribution in [0.3, 0.4) is 0 Å². The van der Waals surface area contributed by atoms with Gasteiger partial charge in [-0.15, -0.1) is 0 Å². The predicted octanol–water partition coefficient (Wildman–Crippen LogP) is 22.4. The molecule has 0 aliphatic carbocycles. The number of unbranched alkanes of at least 4 members (excludes halogenated alkanes) is 32. The molecule has 0 aromatic rings. The van der Waals surface area contributed by atoms with E-state index in [0.29, 0.717) is 19.3 Å². The number of hydrogen-bond acceptors (Lipinski definition) is 6. The summed E-state index contributed by atoms with van der Waals surface area (Å²) in [6.07, 6.45) is 86.9. The summed E-state index contributed by atoms with van der Waals surface area (Å²) in [5.74, 6) is -0.905. The van der Waals surface area contributed by atoms with Crippen molar-refractivity contribution in [1.82, 2.24) is 0 Å². The van der Waals surface area contributed by atoms with E-state index in [-0.39, 0.29) is 31.1 Å². The Labute approximate surface area is 477 Å². The first-order valence-electron chi connectivity index (χ1n) is 32.7. The van der Waals surface area contributed by atoms with Crippen LogP contribution in [0.4, 0.5) is 0 Å². The summed E-state index contributed by atoms with van der Waals surface area (Å²) in [5.41, 5.74) is 0. The minimum atomic E-state index is -0.793. The van der Waals surface area contributed by atoms with Gasteiger partial charge in [-0.2, -0.15) is 0 Å². The molecule has 0 aliphatic rings. The molecule has 6 nitrogen and oxygen atoms in total. The van der Waals surface area contributed by atoms with Crippen molar-refractivity contribution in [3.63, 3.8) is 0 Å². The second-order valence-electron chi connectivity index (χ2n) is 21.6. The van der Waals surface area contributed by atoms with Crippen molar-refractivity contribution in [2.75, 3.05) is 13.2 Å². The maximum absolute atomic E-state index is 12.9. The number of rotatable bonds is 59. The monoisotopic (exact) mass is 1070 g/mol. The van der Waals surface area contributed by atoms with E-state index in [0.717, 1.165) is 122 Å². The molecule has 0 rings (SSSR count). The first-order chi connectivity index (χ1) is 38.0. The van der Waals surface area contributed by atoms with Crippen LogP contribution in [0.15, 0.2) is 97.2 Å². The highest BCUT2D eigenvalue weighted by Gasteiger charge is 2.19. The molecule has 0 aromatic heterocycles. The highest BCUT2D eigenvalue weighted by Crippen LogP contribution is 2.16. The van der Waals surface area contributed by atoms with Crippen molar-refractivity contribution in [3.05, 3.63) is 97.2 Å². The highest BCUT2D eigenvalue weighted by molar-refractivity contribution is 5.71. The summed E-state index contributed by atoms with van der Waals surface area (Å²) in [4.78, 5) is 38.4. The minimum absolute atomic E-state index is 0.0883. The third-order valence-electron chi connectivity index (χ3n) is 14.0. The van der Waals surface area contributed by atoms with Crippen LogP contribution in [-0.4, -0.2) is 37.2 Å². The van der Waals surface area contributed by atoms with Crippen LogP contribution < -0.4 is 0 Å². The maximum Gasteiger partial charge on any atom is 0.306 e. The predicted molar refractivity (Wildman–Crippen MR) is 334 cm³/mol. The molecule has 1 atom stereocenters. The number of esters is 3. The summed E-state index contributed by atoms with van der Waals surface area (Å²) in [6, 6.07) is 0. The number of carbonyl (C=O) groups excluding carboxylic acids is 3. The third-order valence-corrected chi connectivity index (χ3v) is 14.0. The fourth-order valence-electron chi connectivity index (χ4n) is 9.14. The van der Waals surface area contributed by atoms with Gasteiger partial charge in [0, 0.05) is 19.3 Å². The molecule has 0 heterocycles. The largest absolute Gasteiger partial charge is 0.462 e. The first-order valence-corrected chi connectivity index (χ1v) is 32.7. The lowest BCUT2D eigenvalue weighted by atomic mass is 10.1. The van der Waals surface area contributed by atoms with Crippen molar-refractivity contribution < 1.29 is 28.6 Å². The van der Waals surface area contributed by atoms with E-state index in [9.17, 15) is 14.4 Å². The fraction of sp³-hybridized carbons (Fsp3) is 0.732. The second kappa shape index (κ2) is 64.9. The first kappa shape index (κ1) is 73.3. The Balaban J connectivity index is 4.43. The molecule has 0 saturated carbocycles. The van der Waals surface area contributed by atoms with E-state index >= 15 is 0 Å². The van der Waals surface area contributed by atoms with Gasteiger partial charge in [0.25, 0.3) is 0 Å². The quantitative estimate of drug-likeness (QED) is 0.0261. The van der Waals surface area contributed by atoms with Gasteiger partial charge in [-0.25, -0.2) is 0 Å². The smallest absolute Gasteiger partial charge is 0.306 e. The van der Waals surface area contributed by atoms with E-state index in [1.165, 1.54) is 154 Å². The Kier molecular flexibility index (Phi) is 61.8. The second-order valence-corrected chi connectivity index (χ2v) is 21.6. The molecule has 0 amide bonds. The van der Waals surface area contributed by atoms with E-state index in [4.69, 9.17) is 14.2 Å². The van der Waals surface area contributed by atoms with E-state index < -0.39 is 6.10 Å². The van der Waals surface area contributed by atoms with Crippen LogP contribution in [0, 0.1) is 0 Å². The van der Waals surface area contributed by atoms with Crippen molar-refractivity contribution in [2.24, 2.45) is 0 Å². The number of carbonyl (C=O) groups is 3. The molecule has 0 fully saturated rings. The van der Waals surface area contributed by atoms with Crippen LogP contribution in [0.1, 0.15) is 316 Å². The zero-order chi connectivity index (χ0) is 55.7. The molecule has 0 aromatic carbocycles. The van der Waals surface area contributed by atoms with E-state index in [2.05, 4.69) is 118 Å². The summed E-state index contributed by atoms with van der Waals surface area (Å²) >= 11 is 0. The molecule has 0 spiro atoms. The van der Waals surface area contributed by atoms with Gasteiger partial charge in [-0.05, 0) is 122 Å². The standard InChI is InChI=1S/C71H122O6/c1-4-7-10-13-16-19-22-25-28-31-33-35-37-40-43-46-49-52-55-58-61-64-70(73)76-67-68(66-75-69(72)63-60-57-54-51-48-45-42-39-30-27-24-21-18-15-12-9-6-3)77-71(74)65-62-59-56-53-50-47-44-41-38-36-34-32-29-26-23-20-17-14-11-8-5-2/h7,10,16,18-19,21,25,27-28,30,32-35,40,43,68H,4-6,8-9,11-15,17,20,22-24,26,29,31,36-39,41-42,44-67H2,1-3H3/b10-7-,19-16-,21-18-,28-25-,30-27-,34-32-,35-33-,43-40-. The topological polar surface area (TPSA) is 78.9 Å². The normalized spacial score (nSPS) is 12.7. The summed E-state index contributed by atoms with van der Waals surface area (Å²) in [7, 11) is 0. The van der Waals surface area contributed by atoms with Crippen LogP contribution >= 0.6 is 0 Å². The van der Waals surface area contributed by atoms with E-state index in [1.54, 1.807) is 0 Å². The molecule has 1 unspecified atom stereocenters. The Morgan fingerprint density at radius 1 is 0.273 bits per heavy atom. The zero-order valence-corrected chi connectivity index (χ0v) is 50.7. The molecule has 0 radical (unpaired) electrons. The number of allylic oxidation sites excluding steroid dienone is 16. The Morgan fingerprint density at radius 3 is 0.831 bits per heavy atom. The van der Waals surface area contributed by atoms with Gasteiger partial charge in [0.15, 0.2) is 6.10 Å². The van der Waals surface area contributed by atoms with E-state index in [1.807, 2.05) is 0 Å². The van der Waals surface area contributed by atoms with Crippen molar-refractivity contribution in [2.45, 2.75) is 322 Å². The van der Waals surface area contributed by atoms with Crippen molar-refractivity contribution >= 4 is 17.9 Å². The van der Waals surface area contributed by atoms with Crippen molar-refractivity contribution in [1.29, 1.82) is 0 Å². The molecule has 442 valence electrons. The molecule has 0 bridgehead atoms. The van der Waals surface area contributed by atoms with Crippen molar-refractivity contribution in [3.8, 4) is 0 Å². The molecule has 77 heavy (non-hydrogen) atoms. The summed E-state index contributed by atoms with van der Waals surface area (Å²) < 4.78 is 16.9.